The number of para-hydroxylation sites is 1. The molecule has 4 heteroatoms. The summed E-state index contributed by atoms with van der Waals surface area (Å²) in [5, 5.41) is 11.1. The zero-order valence-electron chi connectivity index (χ0n) is 11.3. The summed E-state index contributed by atoms with van der Waals surface area (Å²) < 4.78 is 5.95. The lowest BCUT2D eigenvalue weighted by molar-refractivity contribution is 0.230. The summed E-state index contributed by atoms with van der Waals surface area (Å²) >= 11 is 0. The monoisotopic (exact) mass is 278 g/mol. The standard InChI is InChI=1S/C17H14N2O2/c20-16-15(12-8-4-5-9-13(12)19-16)17-18-10-14(21-17)11-6-2-1-3-7-11/h1-9,14,19-20H,10H2. The molecule has 1 aromatic heterocycles. The lowest BCUT2D eigenvalue weighted by Crippen LogP contribution is -2.06. The predicted molar refractivity (Wildman–Crippen MR) is 81.6 cm³/mol. The summed E-state index contributed by atoms with van der Waals surface area (Å²) in [6.45, 7) is 0.568. The highest BCUT2D eigenvalue weighted by Crippen LogP contribution is 2.33. The third-order valence-electron chi connectivity index (χ3n) is 3.73. The van der Waals surface area contributed by atoms with Gasteiger partial charge in [-0.15, -0.1) is 0 Å². The Balaban J connectivity index is 1.70. The number of nitrogens with one attached hydrogen (secondary N) is 1. The van der Waals surface area contributed by atoms with Crippen LogP contribution < -0.4 is 0 Å². The van der Waals surface area contributed by atoms with Gasteiger partial charge < -0.3 is 14.8 Å². The van der Waals surface area contributed by atoms with Crippen molar-refractivity contribution in [2.45, 2.75) is 6.10 Å². The first-order valence-electron chi connectivity index (χ1n) is 6.89. The molecule has 0 fully saturated rings. The van der Waals surface area contributed by atoms with Crippen molar-refractivity contribution in [3.8, 4) is 5.88 Å². The zero-order valence-corrected chi connectivity index (χ0v) is 11.3. The molecule has 1 unspecified atom stereocenters. The SMILES string of the molecule is Oc1[nH]c2ccccc2c1C1=NCC(c2ccccc2)O1. The molecule has 21 heavy (non-hydrogen) atoms. The highest BCUT2D eigenvalue weighted by molar-refractivity contribution is 6.09. The molecule has 2 N–H and O–H groups in total. The van der Waals surface area contributed by atoms with Crippen molar-refractivity contribution in [2.75, 3.05) is 6.54 Å². The van der Waals surface area contributed by atoms with E-state index in [4.69, 9.17) is 4.74 Å². The van der Waals surface area contributed by atoms with Gasteiger partial charge in [0.2, 0.25) is 11.8 Å². The number of H-pyrrole nitrogens is 1. The minimum Gasteiger partial charge on any atom is -0.494 e. The van der Waals surface area contributed by atoms with E-state index in [1.807, 2.05) is 54.6 Å². The van der Waals surface area contributed by atoms with E-state index in [1.54, 1.807) is 0 Å². The van der Waals surface area contributed by atoms with Crippen LogP contribution in [0.25, 0.3) is 10.9 Å². The minimum atomic E-state index is -0.0886. The largest absolute Gasteiger partial charge is 0.494 e. The molecule has 1 atom stereocenters. The molecule has 3 aromatic rings. The molecule has 0 saturated heterocycles. The fraction of sp³-hybridized carbons (Fsp3) is 0.118. The fourth-order valence-electron chi connectivity index (χ4n) is 2.70. The normalized spacial score (nSPS) is 17.7. The molecular weight excluding hydrogens is 264 g/mol. The molecule has 0 bridgehead atoms. The maximum Gasteiger partial charge on any atom is 0.223 e. The van der Waals surface area contributed by atoms with Crippen LogP contribution in [0.3, 0.4) is 0 Å². The van der Waals surface area contributed by atoms with E-state index < -0.39 is 0 Å². The number of ether oxygens (including phenoxy) is 1. The summed E-state index contributed by atoms with van der Waals surface area (Å²) in [4.78, 5) is 7.41. The molecule has 0 radical (unpaired) electrons. The van der Waals surface area contributed by atoms with Gasteiger partial charge in [-0.25, -0.2) is 4.99 Å². The Morgan fingerprint density at radius 3 is 2.67 bits per heavy atom. The molecular formula is C17H14N2O2. The summed E-state index contributed by atoms with van der Waals surface area (Å²) in [7, 11) is 0. The number of benzene rings is 2. The van der Waals surface area contributed by atoms with Crippen LogP contribution in [0.15, 0.2) is 59.6 Å². The summed E-state index contributed by atoms with van der Waals surface area (Å²) in [6, 6.07) is 17.7. The van der Waals surface area contributed by atoms with Crippen molar-refractivity contribution >= 4 is 16.8 Å². The lowest BCUT2D eigenvalue weighted by Gasteiger charge is -2.11. The van der Waals surface area contributed by atoms with Crippen molar-refractivity contribution in [2.24, 2.45) is 4.99 Å². The summed E-state index contributed by atoms with van der Waals surface area (Å²) in [5.41, 5.74) is 2.61. The number of aromatic hydroxyl groups is 1. The first kappa shape index (κ1) is 12.0. The molecule has 1 aliphatic rings. The highest BCUT2D eigenvalue weighted by atomic mass is 16.5. The van der Waals surface area contributed by atoms with Gasteiger partial charge in [-0.3, -0.25) is 0 Å². The fourth-order valence-corrected chi connectivity index (χ4v) is 2.70. The van der Waals surface area contributed by atoms with Gasteiger partial charge in [0.1, 0.15) is 11.7 Å². The van der Waals surface area contributed by atoms with Crippen molar-refractivity contribution in [3.63, 3.8) is 0 Å². The van der Waals surface area contributed by atoms with Gasteiger partial charge in [-0.1, -0.05) is 48.5 Å². The van der Waals surface area contributed by atoms with Gasteiger partial charge in [-0.05, 0) is 11.6 Å². The number of fused-ring (bicyclic) bond motifs is 1. The van der Waals surface area contributed by atoms with E-state index in [-0.39, 0.29) is 12.0 Å². The number of hydrogen-bond acceptors (Lipinski definition) is 3. The number of aromatic amines is 1. The third kappa shape index (κ3) is 1.96. The molecule has 2 heterocycles. The average molecular weight is 278 g/mol. The van der Waals surface area contributed by atoms with Crippen LogP contribution in [0.4, 0.5) is 0 Å². The number of aliphatic imine (C=N–C) groups is 1. The van der Waals surface area contributed by atoms with Gasteiger partial charge in [0.25, 0.3) is 0 Å². The first-order chi connectivity index (χ1) is 10.3. The first-order valence-corrected chi connectivity index (χ1v) is 6.89. The molecule has 0 amide bonds. The van der Waals surface area contributed by atoms with Crippen molar-refractivity contribution in [1.29, 1.82) is 0 Å². The van der Waals surface area contributed by atoms with Crippen LogP contribution in [-0.2, 0) is 4.74 Å². The molecule has 0 spiro atoms. The van der Waals surface area contributed by atoms with E-state index in [0.717, 1.165) is 16.5 Å². The van der Waals surface area contributed by atoms with Crippen molar-refractivity contribution in [1.82, 2.24) is 4.98 Å². The molecule has 0 saturated carbocycles. The van der Waals surface area contributed by atoms with Crippen LogP contribution >= 0.6 is 0 Å². The number of rotatable bonds is 2. The van der Waals surface area contributed by atoms with E-state index in [9.17, 15) is 5.11 Å². The maximum atomic E-state index is 10.1. The van der Waals surface area contributed by atoms with Crippen molar-refractivity contribution < 1.29 is 9.84 Å². The molecule has 2 aromatic carbocycles. The highest BCUT2D eigenvalue weighted by Gasteiger charge is 2.26. The summed E-state index contributed by atoms with van der Waals surface area (Å²) in [5.74, 6) is 0.600. The van der Waals surface area contributed by atoms with Gasteiger partial charge in [0.15, 0.2) is 0 Å². The Morgan fingerprint density at radius 2 is 1.81 bits per heavy atom. The van der Waals surface area contributed by atoms with Gasteiger partial charge in [-0.2, -0.15) is 0 Å². The Hall–Kier alpha value is -2.75. The smallest absolute Gasteiger partial charge is 0.223 e. The van der Waals surface area contributed by atoms with E-state index in [0.29, 0.717) is 18.0 Å². The van der Waals surface area contributed by atoms with Crippen molar-refractivity contribution in [3.05, 3.63) is 65.7 Å². The Labute approximate surface area is 121 Å². The predicted octanol–water partition coefficient (Wildman–Crippen LogP) is 3.39. The Morgan fingerprint density at radius 1 is 1.05 bits per heavy atom. The second-order valence-corrected chi connectivity index (χ2v) is 5.06. The average Bonchev–Trinajstić information content (AvgIpc) is 3.11. The van der Waals surface area contributed by atoms with Crippen LogP contribution in [-0.4, -0.2) is 22.5 Å². The van der Waals surface area contributed by atoms with Gasteiger partial charge in [0, 0.05) is 10.9 Å². The van der Waals surface area contributed by atoms with Crippen LogP contribution in [0.1, 0.15) is 17.2 Å². The van der Waals surface area contributed by atoms with Crippen LogP contribution in [0, 0.1) is 0 Å². The second-order valence-electron chi connectivity index (χ2n) is 5.06. The molecule has 1 aliphatic heterocycles. The minimum absolute atomic E-state index is 0.0886. The lowest BCUT2D eigenvalue weighted by atomic mass is 10.1. The number of aromatic nitrogens is 1. The molecule has 4 nitrogen and oxygen atoms in total. The second kappa shape index (κ2) is 4.66. The van der Waals surface area contributed by atoms with Crippen LogP contribution in [0.2, 0.25) is 0 Å². The van der Waals surface area contributed by atoms with E-state index in [2.05, 4.69) is 9.98 Å². The zero-order chi connectivity index (χ0) is 14.2. The molecule has 0 aliphatic carbocycles. The van der Waals surface area contributed by atoms with Gasteiger partial charge >= 0.3 is 0 Å². The third-order valence-corrected chi connectivity index (χ3v) is 3.73. The maximum absolute atomic E-state index is 10.1. The number of nitrogens with zero attached hydrogens (tertiary/aromatic N) is 1. The van der Waals surface area contributed by atoms with Gasteiger partial charge in [0.05, 0.1) is 6.54 Å². The molecule has 104 valence electrons. The Bertz CT molecular complexity index is 821. The summed E-state index contributed by atoms with van der Waals surface area (Å²) in [6.07, 6.45) is -0.0886. The Kier molecular flexibility index (Phi) is 2.67. The number of hydrogen-bond donors (Lipinski definition) is 2. The molecule has 4 rings (SSSR count). The topological polar surface area (TPSA) is 57.6 Å². The quantitative estimate of drug-likeness (QED) is 0.755. The van der Waals surface area contributed by atoms with E-state index >= 15 is 0 Å². The van der Waals surface area contributed by atoms with E-state index in [1.165, 1.54) is 0 Å². The van der Waals surface area contributed by atoms with Crippen LogP contribution in [0.5, 0.6) is 5.88 Å².